The van der Waals surface area contributed by atoms with Crippen molar-refractivity contribution in [2.45, 2.75) is 39.0 Å². The van der Waals surface area contributed by atoms with E-state index < -0.39 is 5.97 Å². The van der Waals surface area contributed by atoms with Crippen LogP contribution in [-0.4, -0.2) is 34.4 Å². The third-order valence-electron chi connectivity index (χ3n) is 3.55. The second kappa shape index (κ2) is 11.7. The SMILES string of the molecule is CC(=O)SCC(Cc1ccccc1)C(=O)NCCCCCC(=O)O. The van der Waals surface area contributed by atoms with Crippen LogP contribution in [0.15, 0.2) is 30.3 Å². The summed E-state index contributed by atoms with van der Waals surface area (Å²) in [7, 11) is 0. The lowest BCUT2D eigenvalue weighted by Crippen LogP contribution is -2.34. The molecule has 2 N–H and O–H groups in total. The van der Waals surface area contributed by atoms with Gasteiger partial charge in [0.15, 0.2) is 5.12 Å². The predicted molar refractivity (Wildman–Crippen MR) is 95.9 cm³/mol. The highest BCUT2D eigenvalue weighted by atomic mass is 32.2. The summed E-state index contributed by atoms with van der Waals surface area (Å²) < 4.78 is 0. The molecule has 1 aromatic rings. The van der Waals surface area contributed by atoms with Gasteiger partial charge < -0.3 is 10.4 Å². The quantitative estimate of drug-likeness (QED) is 0.599. The van der Waals surface area contributed by atoms with Gasteiger partial charge in [-0.1, -0.05) is 48.5 Å². The van der Waals surface area contributed by atoms with Crippen LogP contribution in [0.1, 0.15) is 38.2 Å². The van der Waals surface area contributed by atoms with Crippen LogP contribution < -0.4 is 5.32 Å². The standard InChI is InChI=1S/C18H25NO4S/c1-14(20)24-13-16(12-15-8-4-2-5-9-15)18(23)19-11-7-3-6-10-17(21)22/h2,4-5,8-9,16H,3,6-7,10-13H2,1H3,(H,19,23)(H,21,22). The summed E-state index contributed by atoms with van der Waals surface area (Å²) in [6.45, 7) is 2.04. The fourth-order valence-corrected chi connectivity index (χ4v) is 2.98. The molecule has 0 saturated carbocycles. The van der Waals surface area contributed by atoms with Crippen molar-refractivity contribution in [3.63, 3.8) is 0 Å². The summed E-state index contributed by atoms with van der Waals surface area (Å²) in [4.78, 5) is 34.0. The minimum atomic E-state index is -0.789. The fourth-order valence-electron chi connectivity index (χ4n) is 2.28. The maximum absolute atomic E-state index is 12.4. The molecule has 0 radical (unpaired) electrons. The number of carboxylic acids is 1. The van der Waals surface area contributed by atoms with Gasteiger partial charge in [-0.2, -0.15) is 0 Å². The van der Waals surface area contributed by atoms with Gasteiger partial charge in [-0.3, -0.25) is 14.4 Å². The van der Waals surface area contributed by atoms with Crippen molar-refractivity contribution in [3.8, 4) is 0 Å². The Morgan fingerprint density at radius 1 is 1.12 bits per heavy atom. The van der Waals surface area contributed by atoms with Crippen molar-refractivity contribution in [3.05, 3.63) is 35.9 Å². The van der Waals surface area contributed by atoms with E-state index in [9.17, 15) is 14.4 Å². The monoisotopic (exact) mass is 351 g/mol. The lowest BCUT2D eigenvalue weighted by atomic mass is 10.00. The molecule has 0 aromatic heterocycles. The van der Waals surface area contributed by atoms with Gasteiger partial charge in [0, 0.05) is 25.6 Å². The summed E-state index contributed by atoms with van der Waals surface area (Å²) >= 11 is 1.17. The fraction of sp³-hybridized carbons (Fsp3) is 0.500. The highest BCUT2D eigenvalue weighted by Gasteiger charge is 2.19. The Labute approximate surface area is 147 Å². The number of hydrogen-bond donors (Lipinski definition) is 2. The first-order valence-electron chi connectivity index (χ1n) is 8.16. The van der Waals surface area contributed by atoms with Crippen molar-refractivity contribution in [2.75, 3.05) is 12.3 Å². The van der Waals surface area contributed by atoms with Gasteiger partial charge in [0.05, 0.1) is 5.92 Å². The van der Waals surface area contributed by atoms with Crippen LogP contribution in [-0.2, 0) is 20.8 Å². The second-order valence-corrected chi connectivity index (χ2v) is 6.88. The number of carbonyl (C=O) groups excluding carboxylic acids is 2. The zero-order valence-electron chi connectivity index (χ0n) is 14.0. The van der Waals surface area contributed by atoms with E-state index in [-0.39, 0.29) is 23.4 Å². The van der Waals surface area contributed by atoms with E-state index in [0.717, 1.165) is 18.4 Å². The molecule has 0 saturated heterocycles. The van der Waals surface area contributed by atoms with E-state index in [4.69, 9.17) is 5.11 Å². The topological polar surface area (TPSA) is 83.5 Å². The molecular formula is C18H25NO4S. The molecule has 5 nitrogen and oxygen atoms in total. The molecule has 0 heterocycles. The number of benzene rings is 1. The molecule has 1 aromatic carbocycles. The number of carbonyl (C=O) groups is 3. The number of nitrogens with one attached hydrogen (secondary N) is 1. The van der Waals surface area contributed by atoms with Gasteiger partial charge in [-0.25, -0.2) is 0 Å². The number of aliphatic carboxylic acids is 1. The Morgan fingerprint density at radius 2 is 1.83 bits per heavy atom. The Bertz CT molecular complexity index is 533. The van der Waals surface area contributed by atoms with Gasteiger partial charge >= 0.3 is 5.97 Å². The molecule has 1 rings (SSSR count). The predicted octanol–water partition coefficient (Wildman–Crippen LogP) is 2.89. The van der Waals surface area contributed by atoms with Crippen LogP contribution in [0.5, 0.6) is 0 Å². The first-order chi connectivity index (χ1) is 11.5. The minimum Gasteiger partial charge on any atom is -0.481 e. The first kappa shape index (κ1) is 20.2. The molecule has 6 heteroatoms. The Hall–Kier alpha value is -1.82. The third kappa shape index (κ3) is 9.35. The number of rotatable bonds is 11. The van der Waals surface area contributed by atoms with Gasteiger partial charge in [-0.15, -0.1) is 0 Å². The number of unbranched alkanes of at least 4 members (excludes halogenated alkanes) is 2. The normalized spacial score (nSPS) is 11.7. The Balaban J connectivity index is 2.42. The van der Waals surface area contributed by atoms with Gasteiger partial charge in [0.25, 0.3) is 0 Å². The van der Waals surface area contributed by atoms with Crippen molar-refractivity contribution >= 4 is 28.8 Å². The molecular weight excluding hydrogens is 326 g/mol. The highest BCUT2D eigenvalue weighted by Crippen LogP contribution is 2.16. The van der Waals surface area contributed by atoms with Gasteiger partial charge in [0.2, 0.25) is 5.91 Å². The summed E-state index contributed by atoms with van der Waals surface area (Å²) in [6, 6.07) is 9.75. The molecule has 0 spiro atoms. The Kier molecular flexibility index (Phi) is 9.84. The maximum atomic E-state index is 12.4. The maximum Gasteiger partial charge on any atom is 0.303 e. The van der Waals surface area contributed by atoms with Crippen molar-refractivity contribution in [1.29, 1.82) is 0 Å². The lowest BCUT2D eigenvalue weighted by molar-refractivity contribution is -0.137. The smallest absolute Gasteiger partial charge is 0.303 e. The molecule has 1 unspecified atom stereocenters. The molecule has 132 valence electrons. The van der Waals surface area contributed by atoms with Crippen molar-refractivity contribution in [1.82, 2.24) is 5.32 Å². The van der Waals surface area contributed by atoms with E-state index in [1.54, 1.807) is 0 Å². The van der Waals surface area contributed by atoms with Crippen molar-refractivity contribution < 1.29 is 19.5 Å². The molecule has 0 aliphatic heterocycles. The average molecular weight is 351 g/mol. The van der Waals surface area contributed by atoms with Gasteiger partial charge in [-0.05, 0) is 24.8 Å². The summed E-state index contributed by atoms with van der Waals surface area (Å²) in [6.07, 6.45) is 2.93. The van der Waals surface area contributed by atoms with Crippen LogP contribution >= 0.6 is 11.8 Å². The van der Waals surface area contributed by atoms with Crippen LogP contribution in [0.4, 0.5) is 0 Å². The van der Waals surface area contributed by atoms with E-state index in [1.807, 2.05) is 30.3 Å². The van der Waals surface area contributed by atoms with E-state index in [2.05, 4.69) is 5.32 Å². The van der Waals surface area contributed by atoms with Crippen LogP contribution in [0.2, 0.25) is 0 Å². The average Bonchev–Trinajstić information content (AvgIpc) is 2.55. The van der Waals surface area contributed by atoms with Crippen LogP contribution in [0.25, 0.3) is 0 Å². The highest BCUT2D eigenvalue weighted by molar-refractivity contribution is 8.13. The van der Waals surface area contributed by atoms with Gasteiger partial charge in [0.1, 0.15) is 0 Å². The van der Waals surface area contributed by atoms with E-state index in [1.165, 1.54) is 18.7 Å². The molecule has 0 bridgehead atoms. The van der Waals surface area contributed by atoms with E-state index in [0.29, 0.717) is 25.1 Å². The molecule has 1 amide bonds. The molecule has 24 heavy (non-hydrogen) atoms. The molecule has 0 aliphatic rings. The second-order valence-electron chi connectivity index (χ2n) is 5.68. The third-order valence-corrected chi connectivity index (χ3v) is 4.53. The molecule has 0 aliphatic carbocycles. The largest absolute Gasteiger partial charge is 0.481 e. The molecule has 0 fully saturated rings. The number of carboxylic acid groups (broad SMARTS) is 1. The molecule has 1 atom stereocenters. The van der Waals surface area contributed by atoms with Crippen LogP contribution in [0, 0.1) is 5.92 Å². The summed E-state index contributed by atoms with van der Waals surface area (Å²) in [5.41, 5.74) is 1.07. The van der Waals surface area contributed by atoms with Crippen LogP contribution in [0.3, 0.4) is 0 Å². The minimum absolute atomic E-state index is 0.00883. The van der Waals surface area contributed by atoms with Crippen molar-refractivity contribution in [2.24, 2.45) is 5.92 Å². The summed E-state index contributed by atoms with van der Waals surface area (Å²) in [5, 5.41) is 11.5. The Morgan fingerprint density at radius 3 is 2.46 bits per heavy atom. The van der Waals surface area contributed by atoms with E-state index >= 15 is 0 Å². The number of thioether (sulfide) groups is 1. The first-order valence-corrected chi connectivity index (χ1v) is 9.14. The zero-order chi connectivity index (χ0) is 17.8. The zero-order valence-corrected chi connectivity index (χ0v) is 14.8. The number of amides is 1. The lowest BCUT2D eigenvalue weighted by Gasteiger charge is -2.16. The number of hydrogen-bond acceptors (Lipinski definition) is 4. The summed E-state index contributed by atoms with van der Waals surface area (Å²) in [5.74, 6) is -0.621.